The molecule has 0 unspecified atom stereocenters. The lowest BCUT2D eigenvalue weighted by Gasteiger charge is -2.38. The molecule has 2 heterocycles. The van der Waals surface area contributed by atoms with E-state index < -0.39 is 5.97 Å². The van der Waals surface area contributed by atoms with Crippen molar-refractivity contribution in [3.8, 4) is 0 Å². The first kappa shape index (κ1) is 12.2. The highest BCUT2D eigenvalue weighted by molar-refractivity contribution is 6.05. The van der Waals surface area contributed by atoms with Gasteiger partial charge in [0.15, 0.2) is 0 Å². The van der Waals surface area contributed by atoms with E-state index in [-0.39, 0.29) is 5.41 Å². The summed E-state index contributed by atoms with van der Waals surface area (Å²) in [5.41, 5.74) is 2.34. The maximum absolute atomic E-state index is 11.5. The number of aromatic nitrogens is 1. The Balaban J connectivity index is 2.18. The monoisotopic (exact) mass is 259 g/mol. The average Bonchev–Trinajstić information content (AvgIpc) is 2.61. The first-order valence-corrected chi connectivity index (χ1v) is 6.41. The fraction of sp³-hybridized carbons (Fsp3) is 0.400. The highest BCUT2D eigenvalue weighted by Crippen LogP contribution is 2.33. The molecule has 0 amide bonds. The van der Waals surface area contributed by atoms with Crippen molar-refractivity contribution in [3.63, 3.8) is 0 Å². The lowest BCUT2D eigenvalue weighted by Crippen LogP contribution is -2.43. The van der Waals surface area contributed by atoms with Crippen LogP contribution in [-0.4, -0.2) is 28.9 Å². The van der Waals surface area contributed by atoms with Crippen molar-refractivity contribution in [2.24, 2.45) is 5.41 Å². The molecule has 1 saturated heterocycles. The van der Waals surface area contributed by atoms with Gasteiger partial charge < -0.3 is 14.4 Å². The molecule has 0 bridgehead atoms. The first-order chi connectivity index (χ1) is 9.02. The van der Waals surface area contributed by atoms with E-state index in [0.717, 1.165) is 36.4 Å². The third-order valence-electron chi connectivity index (χ3n) is 3.89. The van der Waals surface area contributed by atoms with Crippen LogP contribution < -0.4 is 0 Å². The van der Waals surface area contributed by atoms with Crippen molar-refractivity contribution < 1.29 is 14.6 Å². The summed E-state index contributed by atoms with van der Waals surface area (Å²) in [5.74, 6) is -0.859. The number of carboxylic acids is 1. The third kappa shape index (κ3) is 1.83. The zero-order valence-corrected chi connectivity index (χ0v) is 11.1. The second-order valence-corrected chi connectivity index (χ2v) is 5.67. The summed E-state index contributed by atoms with van der Waals surface area (Å²) in [5, 5.41) is 10.2. The van der Waals surface area contributed by atoms with Gasteiger partial charge in [0.2, 0.25) is 0 Å². The number of para-hydroxylation sites is 1. The molecule has 1 aromatic heterocycles. The summed E-state index contributed by atoms with van der Waals surface area (Å²) < 4.78 is 7.40. The number of carboxylic acid groups (broad SMARTS) is 1. The molecule has 1 aliphatic heterocycles. The quantitative estimate of drug-likeness (QED) is 0.922. The molecule has 0 spiro atoms. The average molecular weight is 259 g/mol. The zero-order chi connectivity index (χ0) is 13.6. The van der Waals surface area contributed by atoms with Gasteiger partial charge in [-0.2, -0.15) is 0 Å². The summed E-state index contributed by atoms with van der Waals surface area (Å²) in [7, 11) is 0. The number of fused-ring (bicyclic) bond motifs is 1. The van der Waals surface area contributed by atoms with Crippen LogP contribution in [0.5, 0.6) is 0 Å². The molecule has 2 aromatic rings. The van der Waals surface area contributed by atoms with Crippen LogP contribution in [0.1, 0.15) is 23.0 Å². The van der Waals surface area contributed by atoms with Crippen molar-refractivity contribution in [1.29, 1.82) is 0 Å². The molecule has 1 fully saturated rings. The maximum Gasteiger partial charge on any atom is 0.338 e. The predicted molar refractivity (Wildman–Crippen MR) is 72.6 cm³/mol. The van der Waals surface area contributed by atoms with Gasteiger partial charge in [0.05, 0.1) is 18.8 Å². The molecule has 3 rings (SSSR count). The number of rotatable bonds is 3. The van der Waals surface area contributed by atoms with E-state index in [4.69, 9.17) is 4.74 Å². The lowest BCUT2D eigenvalue weighted by molar-refractivity contribution is -0.109. The van der Waals surface area contributed by atoms with Gasteiger partial charge in [-0.25, -0.2) is 4.79 Å². The van der Waals surface area contributed by atoms with E-state index in [0.29, 0.717) is 5.56 Å². The SMILES string of the molecule is Cc1c(C(=O)O)c2ccccc2n1CC1(C)COC1. The number of nitrogens with zero attached hydrogens (tertiary/aromatic N) is 1. The van der Waals surface area contributed by atoms with Crippen LogP contribution in [0.2, 0.25) is 0 Å². The Bertz CT molecular complexity index is 653. The minimum atomic E-state index is -0.859. The highest BCUT2D eigenvalue weighted by atomic mass is 16.5. The molecule has 1 aromatic carbocycles. The summed E-state index contributed by atoms with van der Waals surface area (Å²) in [6.07, 6.45) is 0. The molecule has 19 heavy (non-hydrogen) atoms. The Hall–Kier alpha value is -1.81. The highest BCUT2D eigenvalue weighted by Gasteiger charge is 2.35. The lowest BCUT2D eigenvalue weighted by atomic mass is 9.88. The molecule has 0 saturated carbocycles. The second-order valence-electron chi connectivity index (χ2n) is 5.67. The largest absolute Gasteiger partial charge is 0.478 e. The Morgan fingerprint density at radius 2 is 2.11 bits per heavy atom. The van der Waals surface area contributed by atoms with Gasteiger partial charge in [-0.3, -0.25) is 0 Å². The topological polar surface area (TPSA) is 51.5 Å². The molecular formula is C15H17NO3. The van der Waals surface area contributed by atoms with Gasteiger partial charge in [-0.05, 0) is 13.0 Å². The normalized spacial score (nSPS) is 17.4. The van der Waals surface area contributed by atoms with Crippen molar-refractivity contribution in [2.45, 2.75) is 20.4 Å². The van der Waals surface area contributed by atoms with Gasteiger partial charge in [-0.1, -0.05) is 25.1 Å². The Morgan fingerprint density at radius 3 is 2.68 bits per heavy atom. The molecule has 4 heteroatoms. The van der Waals surface area contributed by atoms with Crippen LogP contribution in [0.3, 0.4) is 0 Å². The standard InChI is InChI=1S/C15H17NO3/c1-10-13(14(17)18)11-5-3-4-6-12(11)16(10)7-15(2)8-19-9-15/h3-6H,7-9H2,1-2H3,(H,17,18). The molecule has 0 aliphatic carbocycles. The summed E-state index contributed by atoms with van der Waals surface area (Å²) >= 11 is 0. The van der Waals surface area contributed by atoms with Crippen LogP contribution in [0, 0.1) is 12.3 Å². The van der Waals surface area contributed by atoms with E-state index in [1.807, 2.05) is 31.2 Å². The van der Waals surface area contributed by atoms with Gasteiger partial charge >= 0.3 is 5.97 Å². The van der Waals surface area contributed by atoms with Crippen LogP contribution in [0.25, 0.3) is 10.9 Å². The minimum Gasteiger partial charge on any atom is -0.478 e. The smallest absolute Gasteiger partial charge is 0.338 e. The molecular weight excluding hydrogens is 242 g/mol. The molecule has 0 atom stereocenters. The fourth-order valence-corrected chi connectivity index (χ4v) is 2.83. The van der Waals surface area contributed by atoms with Crippen molar-refractivity contribution in [3.05, 3.63) is 35.5 Å². The molecule has 1 aliphatic rings. The number of hydrogen-bond donors (Lipinski definition) is 1. The fourth-order valence-electron chi connectivity index (χ4n) is 2.83. The van der Waals surface area contributed by atoms with Gasteiger partial charge in [-0.15, -0.1) is 0 Å². The molecule has 0 radical (unpaired) electrons. The van der Waals surface area contributed by atoms with Gasteiger partial charge in [0.1, 0.15) is 0 Å². The van der Waals surface area contributed by atoms with Gasteiger partial charge in [0.25, 0.3) is 0 Å². The van der Waals surface area contributed by atoms with Crippen molar-refractivity contribution in [2.75, 3.05) is 13.2 Å². The van der Waals surface area contributed by atoms with Crippen LogP contribution in [-0.2, 0) is 11.3 Å². The summed E-state index contributed by atoms with van der Waals surface area (Å²) in [6.45, 7) is 6.33. The Morgan fingerprint density at radius 1 is 1.42 bits per heavy atom. The number of ether oxygens (including phenoxy) is 1. The summed E-state index contributed by atoms with van der Waals surface area (Å²) in [4.78, 5) is 11.5. The second kappa shape index (κ2) is 4.10. The number of carbonyl (C=O) groups is 1. The first-order valence-electron chi connectivity index (χ1n) is 6.41. The van der Waals surface area contributed by atoms with Crippen molar-refractivity contribution in [1.82, 2.24) is 4.57 Å². The van der Waals surface area contributed by atoms with Gasteiger partial charge in [0, 0.05) is 28.6 Å². The molecule has 4 nitrogen and oxygen atoms in total. The Labute approximate surface area is 111 Å². The molecule has 1 N–H and O–H groups in total. The molecule has 100 valence electrons. The maximum atomic E-state index is 11.5. The Kier molecular flexibility index (Phi) is 2.64. The van der Waals surface area contributed by atoms with Crippen LogP contribution in [0.15, 0.2) is 24.3 Å². The van der Waals surface area contributed by atoms with Crippen molar-refractivity contribution >= 4 is 16.9 Å². The number of hydrogen-bond acceptors (Lipinski definition) is 2. The number of aromatic carboxylic acids is 1. The minimum absolute atomic E-state index is 0.113. The van der Waals surface area contributed by atoms with E-state index in [1.54, 1.807) is 0 Å². The third-order valence-corrected chi connectivity index (χ3v) is 3.89. The zero-order valence-electron chi connectivity index (χ0n) is 11.1. The van der Waals surface area contributed by atoms with E-state index in [1.165, 1.54) is 0 Å². The van der Waals surface area contributed by atoms with Crippen LogP contribution in [0.4, 0.5) is 0 Å². The van der Waals surface area contributed by atoms with E-state index >= 15 is 0 Å². The summed E-state index contributed by atoms with van der Waals surface area (Å²) in [6, 6.07) is 7.69. The van der Waals surface area contributed by atoms with E-state index in [2.05, 4.69) is 11.5 Å². The number of benzene rings is 1. The predicted octanol–water partition coefficient (Wildman–Crippen LogP) is 2.68. The van der Waals surface area contributed by atoms with Crippen LogP contribution >= 0.6 is 0 Å². The van der Waals surface area contributed by atoms with E-state index in [9.17, 15) is 9.90 Å².